The lowest BCUT2D eigenvalue weighted by Crippen LogP contribution is -2.29. The summed E-state index contributed by atoms with van der Waals surface area (Å²) in [4.78, 5) is 0. The molecule has 2 nitrogen and oxygen atoms in total. The summed E-state index contributed by atoms with van der Waals surface area (Å²) in [6.07, 6.45) is 0. The largest absolute Gasteiger partial charge is 0.505 e. The molecule has 4 heteroatoms. The minimum absolute atomic E-state index is 0.220. The molecule has 0 saturated carbocycles. The monoisotopic (exact) mass is 566 g/mol. The van der Waals surface area contributed by atoms with E-state index < -0.39 is 28.5 Å². The molecule has 0 atom stereocenters. The standard InChI is InChI=1S/C39H28F2O2/c1-23-11-3-5-13-25(23)29-19-21-33(37(42)35(29)40)39(31-17-9-7-15-27(31)28-16-8-10-18-32(28)39)34-22-20-30(36(41)38(34)43)26-14-6-4-12-24(26)2/h3-22,42-43H,1-2H3. The van der Waals surface area contributed by atoms with Crippen molar-refractivity contribution in [2.24, 2.45) is 0 Å². The first-order valence-corrected chi connectivity index (χ1v) is 14.2. The average molecular weight is 567 g/mol. The lowest BCUT2D eigenvalue weighted by atomic mass is 9.66. The Kier molecular flexibility index (Phi) is 6.17. The van der Waals surface area contributed by atoms with E-state index in [1.54, 1.807) is 24.3 Å². The number of hydrogen-bond donors (Lipinski definition) is 2. The van der Waals surface area contributed by atoms with Crippen molar-refractivity contribution < 1.29 is 19.0 Å². The van der Waals surface area contributed by atoms with Crippen LogP contribution in [-0.2, 0) is 5.41 Å². The summed E-state index contributed by atoms with van der Waals surface area (Å²) in [5.74, 6) is -2.64. The Balaban J connectivity index is 1.58. The molecule has 0 radical (unpaired) electrons. The molecule has 43 heavy (non-hydrogen) atoms. The lowest BCUT2D eigenvalue weighted by Gasteiger charge is -2.35. The Labute approximate surface area is 249 Å². The molecule has 0 bridgehead atoms. The van der Waals surface area contributed by atoms with Crippen molar-refractivity contribution in [2.45, 2.75) is 19.3 Å². The first-order valence-electron chi connectivity index (χ1n) is 14.2. The van der Waals surface area contributed by atoms with Crippen molar-refractivity contribution in [3.05, 3.63) is 166 Å². The molecule has 2 N–H and O–H groups in total. The first-order chi connectivity index (χ1) is 20.9. The SMILES string of the molecule is Cc1ccccc1-c1ccc(C2(c3ccc(-c4ccccc4C)c(F)c3O)c3ccccc3-c3ccccc32)c(O)c1F. The van der Waals surface area contributed by atoms with E-state index in [2.05, 4.69) is 0 Å². The van der Waals surface area contributed by atoms with Gasteiger partial charge in [0.2, 0.25) is 0 Å². The van der Waals surface area contributed by atoms with Crippen LogP contribution in [-0.4, -0.2) is 10.2 Å². The van der Waals surface area contributed by atoms with E-state index in [9.17, 15) is 10.2 Å². The van der Waals surface area contributed by atoms with Gasteiger partial charge in [0.05, 0.1) is 5.41 Å². The molecular weight excluding hydrogens is 538 g/mol. The highest BCUT2D eigenvalue weighted by molar-refractivity contribution is 5.88. The van der Waals surface area contributed by atoms with Gasteiger partial charge in [-0.15, -0.1) is 0 Å². The smallest absolute Gasteiger partial charge is 0.172 e. The zero-order chi connectivity index (χ0) is 29.9. The van der Waals surface area contributed by atoms with Crippen molar-refractivity contribution in [3.8, 4) is 44.9 Å². The van der Waals surface area contributed by atoms with E-state index in [4.69, 9.17) is 0 Å². The summed E-state index contributed by atoms with van der Waals surface area (Å²) in [5.41, 5.74) is 5.79. The molecule has 1 aliphatic rings. The summed E-state index contributed by atoms with van der Waals surface area (Å²) in [5, 5.41) is 23.5. The number of hydrogen-bond acceptors (Lipinski definition) is 2. The number of aryl methyl sites for hydroxylation is 2. The maximum absolute atomic E-state index is 16.3. The van der Waals surface area contributed by atoms with Crippen LogP contribution in [0.3, 0.4) is 0 Å². The van der Waals surface area contributed by atoms with E-state index in [1.807, 2.05) is 111 Å². The zero-order valence-electron chi connectivity index (χ0n) is 23.7. The number of aromatic hydroxyl groups is 2. The van der Waals surface area contributed by atoms with Crippen LogP contribution in [0.2, 0.25) is 0 Å². The second-order valence-electron chi connectivity index (χ2n) is 11.1. The van der Waals surface area contributed by atoms with Crippen LogP contribution in [0, 0.1) is 25.5 Å². The minimum Gasteiger partial charge on any atom is -0.505 e. The molecule has 6 aromatic carbocycles. The van der Waals surface area contributed by atoms with Gasteiger partial charge in [0.25, 0.3) is 0 Å². The number of rotatable bonds is 4. The van der Waals surface area contributed by atoms with Crippen molar-refractivity contribution in [1.29, 1.82) is 0 Å². The second-order valence-corrected chi connectivity index (χ2v) is 11.1. The fourth-order valence-electron chi connectivity index (χ4n) is 6.86. The Morgan fingerprint density at radius 1 is 0.395 bits per heavy atom. The molecular formula is C39H28F2O2. The molecule has 0 spiro atoms. The van der Waals surface area contributed by atoms with Crippen LogP contribution in [0.4, 0.5) is 8.78 Å². The summed E-state index contributed by atoms with van der Waals surface area (Å²) in [7, 11) is 0. The van der Waals surface area contributed by atoms with Crippen LogP contribution >= 0.6 is 0 Å². The molecule has 6 aromatic rings. The van der Waals surface area contributed by atoms with Gasteiger partial charge >= 0.3 is 0 Å². The van der Waals surface area contributed by atoms with Gasteiger partial charge < -0.3 is 10.2 Å². The summed E-state index contributed by atoms with van der Waals surface area (Å²) < 4.78 is 32.7. The number of phenols is 2. The molecule has 0 aliphatic heterocycles. The van der Waals surface area contributed by atoms with Crippen LogP contribution < -0.4 is 0 Å². The Bertz CT molecular complexity index is 1910. The van der Waals surface area contributed by atoms with E-state index >= 15 is 8.78 Å². The highest BCUT2D eigenvalue weighted by Gasteiger charge is 2.50. The summed E-state index contributed by atoms with van der Waals surface area (Å²) in [6, 6.07) is 36.8. The third kappa shape index (κ3) is 3.76. The Hall–Kier alpha value is -5.22. The van der Waals surface area contributed by atoms with Gasteiger partial charge in [-0.3, -0.25) is 0 Å². The topological polar surface area (TPSA) is 40.5 Å². The van der Waals surface area contributed by atoms with E-state index in [0.29, 0.717) is 22.3 Å². The third-order valence-electron chi connectivity index (χ3n) is 8.86. The summed E-state index contributed by atoms with van der Waals surface area (Å²) in [6.45, 7) is 3.78. The van der Waals surface area contributed by atoms with Crippen LogP contribution in [0.5, 0.6) is 11.5 Å². The molecule has 0 aromatic heterocycles. The van der Waals surface area contributed by atoms with Crippen LogP contribution in [0.25, 0.3) is 33.4 Å². The second kappa shape index (κ2) is 9.95. The normalized spacial score (nSPS) is 13.0. The lowest BCUT2D eigenvalue weighted by molar-refractivity contribution is 0.409. The van der Waals surface area contributed by atoms with E-state index in [0.717, 1.165) is 22.3 Å². The predicted molar refractivity (Wildman–Crippen MR) is 167 cm³/mol. The number of benzene rings is 6. The zero-order valence-corrected chi connectivity index (χ0v) is 23.7. The van der Waals surface area contributed by atoms with Crippen molar-refractivity contribution in [2.75, 3.05) is 0 Å². The van der Waals surface area contributed by atoms with Gasteiger partial charge in [0, 0.05) is 22.3 Å². The minimum atomic E-state index is -1.41. The summed E-state index contributed by atoms with van der Waals surface area (Å²) >= 11 is 0. The van der Waals surface area contributed by atoms with Gasteiger partial charge in [0.1, 0.15) is 0 Å². The molecule has 0 unspecified atom stereocenters. The van der Waals surface area contributed by atoms with Gasteiger partial charge in [-0.1, -0.05) is 121 Å². The Morgan fingerprint density at radius 2 is 0.744 bits per heavy atom. The average Bonchev–Trinajstić information content (AvgIpc) is 3.32. The van der Waals surface area contributed by atoms with Crippen molar-refractivity contribution in [3.63, 3.8) is 0 Å². The fourth-order valence-corrected chi connectivity index (χ4v) is 6.86. The molecule has 0 heterocycles. The van der Waals surface area contributed by atoms with Gasteiger partial charge in [-0.25, -0.2) is 8.78 Å². The van der Waals surface area contributed by atoms with Gasteiger partial charge in [0.15, 0.2) is 23.1 Å². The van der Waals surface area contributed by atoms with Gasteiger partial charge in [-0.05, 0) is 58.4 Å². The van der Waals surface area contributed by atoms with Crippen molar-refractivity contribution >= 4 is 0 Å². The first kappa shape index (κ1) is 26.7. The molecule has 0 fully saturated rings. The predicted octanol–water partition coefficient (Wildman–Crippen LogP) is 9.69. The van der Waals surface area contributed by atoms with E-state index in [-0.39, 0.29) is 22.3 Å². The molecule has 0 saturated heterocycles. The molecule has 210 valence electrons. The molecule has 0 amide bonds. The highest BCUT2D eigenvalue weighted by atomic mass is 19.1. The van der Waals surface area contributed by atoms with Crippen LogP contribution in [0.1, 0.15) is 33.4 Å². The quantitative estimate of drug-likeness (QED) is 0.223. The van der Waals surface area contributed by atoms with E-state index in [1.165, 1.54) is 0 Å². The number of phenolic OH excluding ortho intramolecular Hbond substituents is 2. The highest BCUT2D eigenvalue weighted by Crippen LogP contribution is 2.60. The molecule has 7 rings (SSSR count). The maximum atomic E-state index is 16.3. The fraction of sp³-hybridized carbons (Fsp3) is 0.0769. The number of fused-ring (bicyclic) bond motifs is 3. The molecule has 1 aliphatic carbocycles. The maximum Gasteiger partial charge on any atom is 0.172 e. The third-order valence-corrected chi connectivity index (χ3v) is 8.86. The number of halogens is 2. The Morgan fingerprint density at radius 3 is 1.14 bits per heavy atom. The van der Waals surface area contributed by atoms with Crippen molar-refractivity contribution in [1.82, 2.24) is 0 Å². The van der Waals surface area contributed by atoms with Crippen LogP contribution in [0.15, 0.2) is 121 Å². The van der Waals surface area contributed by atoms with Gasteiger partial charge in [-0.2, -0.15) is 0 Å².